The Bertz CT molecular complexity index is 677. The van der Waals surface area contributed by atoms with Crippen LogP contribution >= 0.6 is 0 Å². The largest absolute Gasteiger partial charge is 0.454 e. The van der Waals surface area contributed by atoms with Gasteiger partial charge in [-0.3, -0.25) is 15.0 Å². The fourth-order valence-electron chi connectivity index (χ4n) is 2.57. The number of benzene rings is 1. The minimum absolute atomic E-state index is 0.0603. The molecule has 3 amide bonds. The molecule has 1 atom stereocenters. The number of rotatable bonds is 3. The van der Waals surface area contributed by atoms with Crippen LogP contribution in [0.15, 0.2) is 18.2 Å². The maximum Gasteiger partial charge on any atom is 0.426 e. The SMILES string of the molecule is CCOC(=O)NNC(=O)[C@@H]1CC(=O)N(c2ccc3c(c2)OCO3)C1. The molecule has 1 aromatic carbocycles. The molecule has 0 aliphatic carbocycles. The van der Waals surface area contributed by atoms with Crippen LogP contribution in [0.1, 0.15) is 13.3 Å². The number of hydrazine groups is 1. The molecule has 2 heterocycles. The predicted octanol–water partition coefficient (Wildman–Crippen LogP) is 0.545. The molecule has 1 fully saturated rings. The number of anilines is 1. The summed E-state index contributed by atoms with van der Waals surface area (Å²) in [5, 5.41) is 0. The number of carbonyl (C=O) groups excluding carboxylic acids is 3. The summed E-state index contributed by atoms with van der Waals surface area (Å²) in [5.74, 6) is 0.00477. The number of hydrogen-bond donors (Lipinski definition) is 2. The van der Waals surface area contributed by atoms with E-state index < -0.39 is 17.9 Å². The zero-order valence-electron chi connectivity index (χ0n) is 13.0. The first-order chi connectivity index (χ1) is 11.6. The Morgan fingerprint density at radius 1 is 1.29 bits per heavy atom. The van der Waals surface area contributed by atoms with E-state index in [0.717, 1.165) is 0 Å². The zero-order valence-corrected chi connectivity index (χ0v) is 13.0. The number of ether oxygens (including phenoxy) is 3. The van der Waals surface area contributed by atoms with Gasteiger partial charge in [-0.1, -0.05) is 0 Å². The van der Waals surface area contributed by atoms with Gasteiger partial charge in [0.05, 0.1) is 12.5 Å². The predicted molar refractivity (Wildman–Crippen MR) is 81.3 cm³/mol. The van der Waals surface area contributed by atoms with Gasteiger partial charge >= 0.3 is 6.09 Å². The zero-order chi connectivity index (χ0) is 17.1. The van der Waals surface area contributed by atoms with Crippen LogP contribution in [0.2, 0.25) is 0 Å². The first-order valence-electron chi connectivity index (χ1n) is 7.51. The number of hydrogen-bond acceptors (Lipinski definition) is 6. The third-order valence-corrected chi connectivity index (χ3v) is 3.73. The second-order valence-corrected chi connectivity index (χ2v) is 5.28. The number of carbonyl (C=O) groups is 3. The summed E-state index contributed by atoms with van der Waals surface area (Å²) in [6.45, 7) is 2.22. The van der Waals surface area contributed by atoms with Gasteiger partial charge in [-0.05, 0) is 19.1 Å². The fraction of sp³-hybridized carbons (Fsp3) is 0.400. The van der Waals surface area contributed by atoms with Crippen molar-refractivity contribution < 1.29 is 28.6 Å². The maximum absolute atomic E-state index is 12.2. The molecular formula is C15H17N3O6. The Morgan fingerprint density at radius 2 is 2.08 bits per heavy atom. The van der Waals surface area contributed by atoms with Crippen molar-refractivity contribution in [3.8, 4) is 11.5 Å². The molecule has 24 heavy (non-hydrogen) atoms. The molecular weight excluding hydrogens is 318 g/mol. The second kappa shape index (κ2) is 6.65. The van der Waals surface area contributed by atoms with Gasteiger partial charge in [0, 0.05) is 24.7 Å². The number of nitrogens with zero attached hydrogens (tertiary/aromatic N) is 1. The van der Waals surface area contributed by atoms with Crippen LogP contribution in [0, 0.1) is 5.92 Å². The highest BCUT2D eigenvalue weighted by molar-refractivity contribution is 6.00. The molecule has 0 saturated carbocycles. The molecule has 3 rings (SSSR count). The lowest BCUT2D eigenvalue weighted by Crippen LogP contribution is -2.45. The van der Waals surface area contributed by atoms with Crippen LogP contribution in [0.3, 0.4) is 0 Å². The summed E-state index contributed by atoms with van der Waals surface area (Å²) in [4.78, 5) is 36.9. The average molecular weight is 335 g/mol. The molecule has 2 N–H and O–H groups in total. The fourth-order valence-corrected chi connectivity index (χ4v) is 2.57. The van der Waals surface area contributed by atoms with Crippen molar-refractivity contribution >= 4 is 23.6 Å². The van der Waals surface area contributed by atoms with Crippen molar-refractivity contribution in [1.82, 2.24) is 10.9 Å². The highest BCUT2D eigenvalue weighted by Crippen LogP contribution is 2.37. The van der Waals surface area contributed by atoms with Crippen LogP contribution in [0.25, 0.3) is 0 Å². The summed E-state index contributed by atoms with van der Waals surface area (Å²) >= 11 is 0. The Hall–Kier alpha value is -2.97. The summed E-state index contributed by atoms with van der Waals surface area (Å²) in [6.07, 6.45) is -0.687. The molecule has 0 spiro atoms. The summed E-state index contributed by atoms with van der Waals surface area (Å²) in [5.41, 5.74) is 5.03. The molecule has 9 nitrogen and oxygen atoms in total. The first-order valence-corrected chi connectivity index (χ1v) is 7.51. The van der Waals surface area contributed by atoms with E-state index in [1.807, 2.05) is 0 Å². The van der Waals surface area contributed by atoms with Gasteiger partial charge in [0.15, 0.2) is 11.5 Å². The molecule has 0 radical (unpaired) electrons. The lowest BCUT2D eigenvalue weighted by Gasteiger charge is -2.17. The van der Waals surface area contributed by atoms with Gasteiger partial charge in [0.25, 0.3) is 0 Å². The van der Waals surface area contributed by atoms with E-state index >= 15 is 0 Å². The minimum atomic E-state index is -0.747. The highest BCUT2D eigenvalue weighted by Gasteiger charge is 2.35. The van der Waals surface area contributed by atoms with Crippen molar-refractivity contribution in [3.63, 3.8) is 0 Å². The van der Waals surface area contributed by atoms with Crippen LogP contribution in [0.5, 0.6) is 11.5 Å². The quantitative estimate of drug-likeness (QED) is 0.781. The molecule has 1 aromatic rings. The standard InChI is InChI=1S/C15H17N3O6/c1-2-22-15(21)17-16-14(20)9-5-13(19)18(7-9)10-3-4-11-12(6-10)24-8-23-11/h3-4,6,9H,2,5,7-8H2,1H3,(H,16,20)(H,17,21)/t9-/m1/s1. The van der Waals surface area contributed by atoms with E-state index in [1.165, 1.54) is 4.90 Å². The summed E-state index contributed by atoms with van der Waals surface area (Å²) < 4.78 is 15.2. The second-order valence-electron chi connectivity index (χ2n) is 5.28. The monoisotopic (exact) mass is 335 g/mol. The molecule has 9 heteroatoms. The normalized spacial score (nSPS) is 18.5. The van der Waals surface area contributed by atoms with Crippen LogP contribution in [-0.4, -0.2) is 37.9 Å². The van der Waals surface area contributed by atoms with Crippen molar-refractivity contribution in [2.45, 2.75) is 13.3 Å². The molecule has 0 aromatic heterocycles. The van der Waals surface area contributed by atoms with Gasteiger partial charge in [-0.2, -0.15) is 0 Å². The number of amides is 3. The van der Waals surface area contributed by atoms with Gasteiger partial charge < -0.3 is 19.1 Å². The molecule has 128 valence electrons. The lowest BCUT2D eigenvalue weighted by molar-refractivity contribution is -0.127. The van der Waals surface area contributed by atoms with E-state index in [-0.39, 0.29) is 32.3 Å². The van der Waals surface area contributed by atoms with E-state index in [1.54, 1.807) is 25.1 Å². The van der Waals surface area contributed by atoms with Gasteiger partial charge in [-0.15, -0.1) is 0 Å². The minimum Gasteiger partial charge on any atom is -0.454 e. The Morgan fingerprint density at radius 3 is 2.88 bits per heavy atom. The highest BCUT2D eigenvalue weighted by atomic mass is 16.7. The summed E-state index contributed by atoms with van der Waals surface area (Å²) in [7, 11) is 0. The van der Waals surface area contributed by atoms with Crippen molar-refractivity contribution in [2.75, 3.05) is 24.8 Å². The van der Waals surface area contributed by atoms with E-state index in [4.69, 9.17) is 9.47 Å². The van der Waals surface area contributed by atoms with E-state index in [0.29, 0.717) is 17.2 Å². The summed E-state index contributed by atoms with van der Waals surface area (Å²) in [6, 6.07) is 5.17. The number of nitrogens with one attached hydrogen (secondary N) is 2. The Kier molecular flexibility index (Phi) is 4.41. The third-order valence-electron chi connectivity index (χ3n) is 3.73. The van der Waals surface area contributed by atoms with E-state index in [2.05, 4.69) is 15.6 Å². The van der Waals surface area contributed by atoms with Gasteiger partial charge in [0.2, 0.25) is 18.6 Å². The van der Waals surface area contributed by atoms with Gasteiger partial charge in [-0.25, -0.2) is 10.2 Å². The van der Waals surface area contributed by atoms with Crippen molar-refractivity contribution in [1.29, 1.82) is 0 Å². The Balaban J connectivity index is 1.61. The average Bonchev–Trinajstić information content (AvgIpc) is 3.18. The van der Waals surface area contributed by atoms with Crippen molar-refractivity contribution in [3.05, 3.63) is 18.2 Å². The molecule has 2 aliphatic heterocycles. The van der Waals surface area contributed by atoms with Crippen molar-refractivity contribution in [2.24, 2.45) is 5.92 Å². The Labute approximate surface area is 137 Å². The molecule has 1 saturated heterocycles. The first kappa shape index (κ1) is 15.9. The topological polar surface area (TPSA) is 106 Å². The molecule has 0 unspecified atom stereocenters. The van der Waals surface area contributed by atoms with Crippen LogP contribution in [0.4, 0.5) is 10.5 Å². The van der Waals surface area contributed by atoms with Crippen LogP contribution < -0.4 is 25.2 Å². The van der Waals surface area contributed by atoms with Gasteiger partial charge in [0.1, 0.15) is 0 Å². The smallest absolute Gasteiger partial charge is 0.426 e. The maximum atomic E-state index is 12.2. The molecule has 2 aliphatic rings. The number of fused-ring (bicyclic) bond motifs is 1. The molecule has 0 bridgehead atoms. The lowest BCUT2D eigenvalue weighted by atomic mass is 10.1. The van der Waals surface area contributed by atoms with E-state index in [9.17, 15) is 14.4 Å². The third kappa shape index (κ3) is 3.19. The van der Waals surface area contributed by atoms with Crippen LogP contribution in [-0.2, 0) is 14.3 Å².